The third-order valence-corrected chi connectivity index (χ3v) is 6.47. The second-order valence-electron chi connectivity index (χ2n) is 7.79. The first-order valence-electron chi connectivity index (χ1n) is 10.4. The summed E-state index contributed by atoms with van der Waals surface area (Å²) in [5.74, 6) is 0.156. The highest BCUT2D eigenvalue weighted by atomic mass is 32.2. The average molecular weight is 454 g/mol. The van der Waals surface area contributed by atoms with Crippen LogP contribution in [-0.4, -0.2) is 26.6 Å². The number of aliphatic hydroxyl groups excluding tert-OH is 1. The number of thioether (sulfide) groups is 1. The summed E-state index contributed by atoms with van der Waals surface area (Å²) in [5, 5.41) is 21.1. The summed E-state index contributed by atoms with van der Waals surface area (Å²) in [6, 6.07) is 21.8. The molecule has 1 N–H and O–H groups in total. The molecule has 0 spiro atoms. The molecule has 0 amide bonds. The summed E-state index contributed by atoms with van der Waals surface area (Å²) in [6.07, 6.45) is 3.54. The van der Waals surface area contributed by atoms with Crippen LogP contribution >= 0.6 is 11.8 Å². The topological polar surface area (TPSA) is 57.8 Å². The van der Waals surface area contributed by atoms with Gasteiger partial charge in [0.05, 0.1) is 17.2 Å². The monoisotopic (exact) mass is 453 g/mol. The Balaban J connectivity index is 1.57. The molecule has 0 aliphatic carbocycles. The number of fused-ring (bicyclic) bond motifs is 1. The smallest absolute Gasteiger partial charge is 0.134 e. The van der Waals surface area contributed by atoms with Gasteiger partial charge in [-0.25, -0.2) is 4.39 Å². The molecule has 33 heavy (non-hydrogen) atoms. The van der Waals surface area contributed by atoms with Crippen molar-refractivity contribution in [3.8, 4) is 22.3 Å². The van der Waals surface area contributed by atoms with Crippen LogP contribution in [0.15, 0.2) is 102 Å². The second kappa shape index (κ2) is 9.00. The third-order valence-electron chi connectivity index (χ3n) is 5.43. The molecule has 1 aliphatic rings. The van der Waals surface area contributed by atoms with Gasteiger partial charge in [0.15, 0.2) is 0 Å². The fourth-order valence-electron chi connectivity index (χ4n) is 3.81. The van der Waals surface area contributed by atoms with E-state index in [1.54, 1.807) is 6.20 Å². The minimum Gasteiger partial charge on any atom is -0.512 e. The van der Waals surface area contributed by atoms with E-state index in [4.69, 9.17) is 0 Å². The highest BCUT2D eigenvalue weighted by Crippen LogP contribution is 2.32. The molecule has 0 radical (unpaired) electrons. The molecule has 0 unspecified atom stereocenters. The van der Waals surface area contributed by atoms with E-state index in [1.807, 2.05) is 24.3 Å². The Morgan fingerprint density at radius 3 is 2.52 bits per heavy atom. The molecule has 0 atom stereocenters. The predicted octanol–water partition coefficient (Wildman–Crippen LogP) is 7.02. The largest absolute Gasteiger partial charge is 0.512 e. The summed E-state index contributed by atoms with van der Waals surface area (Å²) in [6.45, 7) is 3.51. The molecule has 4 nitrogen and oxygen atoms in total. The Labute approximate surface area is 195 Å². The lowest BCUT2D eigenvalue weighted by Crippen LogP contribution is -2.03. The summed E-state index contributed by atoms with van der Waals surface area (Å²) in [5.41, 5.74) is 4.84. The minimum atomic E-state index is -0.325. The van der Waals surface area contributed by atoms with Crippen molar-refractivity contribution in [2.24, 2.45) is 10.2 Å². The van der Waals surface area contributed by atoms with Crippen molar-refractivity contribution in [2.75, 3.05) is 5.75 Å². The van der Waals surface area contributed by atoms with Gasteiger partial charge in [-0.05, 0) is 63.4 Å². The van der Waals surface area contributed by atoms with Crippen LogP contribution in [0.3, 0.4) is 0 Å². The zero-order valence-electron chi connectivity index (χ0n) is 17.7. The summed E-state index contributed by atoms with van der Waals surface area (Å²) in [7, 11) is 0. The first-order chi connectivity index (χ1) is 16.1. The molecule has 162 valence electrons. The van der Waals surface area contributed by atoms with Gasteiger partial charge in [0.2, 0.25) is 0 Å². The molecule has 2 heterocycles. The van der Waals surface area contributed by atoms with Crippen LogP contribution in [0.25, 0.3) is 33.0 Å². The van der Waals surface area contributed by atoms with Crippen molar-refractivity contribution in [3.63, 3.8) is 0 Å². The van der Waals surface area contributed by atoms with E-state index in [9.17, 15) is 9.50 Å². The van der Waals surface area contributed by atoms with Gasteiger partial charge in [0.25, 0.3) is 0 Å². The van der Waals surface area contributed by atoms with Crippen LogP contribution in [0.2, 0.25) is 0 Å². The molecular weight excluding hydrogens is 433 g/mol. The summed E-state index contributed by atoms with van der Waals surface area (Å²) < 4.78 is 14.6. The van der Waals surface area contributed by atoms with E-state index in [2.05, 4.69) is 58.2 Å². The van der Waals surface area contributed by atoms with Crippen molar-refractivity contribution < 1.29 is 9.50 Å². The quantitative estimate of drug-likeness (QED) is 0.330. The van der Waals surface area contributed by atoms with Gasteiger partial charge in [-0.3, -0.25) is 4.98 Å². The van der Waals surface area contributed by atoms with E-state index in [0.29, 0.717) is 17.7 Å². The second-order valence-corrected chi connectivity index (χ2v) is 8.84. The molecular formula is C27H20FN3OS. The lowest BCUT2D eigenvalue weighted by atomic mass is 9.93. The number of halogens is 1. The summed E-state index contributed by atoms with van der Waals surface area (Å²) in [4.78, 5) is 4.12. The molecule has 0 fully saturated rings. The first-order valence-corrected chi connectivity index (χ1v) is 11.4. The number of benzene rings is 3. The van der Waals surface area contributed by atoms with Crippen molar-refractivity contribution in [1.29, 1.82) is 0 Å². The van der Waals surface area contributed by atoms with Crippen LogP contribution in [0, 0.1) is 5.82 Å². The fraction of sp³-hybridized carbons (Fsp3) is 0.0741. The summed E-state index contributed by atoms with van der Waals surface area (Å²) >= 11 is 1.41. The molecule has 6 heteroatoms. The Morgan fingerprint density at radius 1 is 0.909 bits per heavy atom. The number of nitrogens with zero attached hydrogens (tertiary/aromatic N) is 3. The Hall–Kier alpha value is -3.77. The molecule has 1 aliphatic heterocycles. The molecule has 3 aromatic carbocycles. The van der Waals surface area contributed by atoms with Crippen molar-refractivity contribution >= 4 is 33.3 Å². The number of aromatic nitrogens is 1. The van der Waals surface area contributed by atoms with E-state index in [1.165, 1.54) is 24.0 Å². The average Bonchev–Trinajstić information content (AvgIpc) is 3.32. The normalized spacial score (nSPS) is 13.1. The van der Waals surface area contributed by atoms with Crippen LogP contribution < -0.4 is 0 Å². The van der Waals surface area contributed by atoms with Crippen LogP contribution in [0.1, 0.15) is 12.0 Å². The van der Waals surface area contributed by atoms with Crippen LogP contribution in [-0.2, 0) is 0 Å². The zero-order valence-corrected chi connectivity index (χ0v) is 18.5. The van der Waals surface area contributed by atoms with Crippen LogP contribution in [0.5, 0.6) is 0 Å². The van der Waals surface area contributed by atoms with E-state index in [-0.39, 0.29) is 11.6 Å². The first kappa shape index (κ1) is 21.1. The molecule has 0 bridgehead atoms. The van der Waals surface area contributed by atoms with Crippen molar-refractivity contribution in [1.82, 2.24) is 4.98 Å². The number of aliphatic hydroxyl groups is 1. The molecule has 0 saturated heterocycles. The maximum absolute atomic E-state index is 14.6. The van der Waals surface area contributed by atoms with Gasteiger partial charge >= 0.3 is 0 Å². The zero-order chi connectivity index (χ0) is 22.8. The number of pyridine rings is 1. The Kier molecular flexibility index (Phi) is 5.75. The maximum atomic E-state index is 14.6. The fourth-order valence-corrected chi connectivity index (χ4v) is 4.48. The number of rotatable bonds is 5. The molecule has 5 rings (SSSR count). The van der Waals surface area contributed by atoms with Crippen LogP contribution in [0.4, 0.5) is 4.39 Å². The van der Waals surface area contributed by atoms with Gasteiger partial charge in [-0.2, -0.15) is 5.10 Å². The molecule has 4 aromatic rings. The van der Waals surface area contributed by atoms with Gasteiger partial charge in [0.1, 0.15) is 10.9 Å². The van der Waals surface area contributed by atoms with Gasteiger partial charge in [-0.15, -0.1) is 16.9 Å². The molecule has 0 saturated carbocycles. The van der Waals surface area contributed by atoms with E-state index in [0.717, 1.165) is 43.8 Å². The highest BCUT2D eigenvalue weighted by Gasteiger charge is 2.18. The lowest BCUT2D eigenvalue weighted by Gasteiger charge is -2.12. The molecule has 1 aromatic heterocycles. The van der Waals surface area contributed by atoms with E-state index >= 15 is 0 Å². The Bertz CT molecular complexity index is 1440. The maximum Gasteiger partial charge on any atom is 0.134 e. The Morgan fingerprint density at radius 2 is 1.70 bits per heavy atom. The lowest BCUT2D eigenvalue weighted by molar-refractivity contribution is 0.420. The van der Waals surface area contributed by atoms with E-state index < -0.39 is 0 Å². The van der Waals surface area contributed by atoms with Gasteiger partial charge in [0, 0.05) is 24.4 Å². The predicted molar refractivity (Wildman–Crippen MR) is 135 cm³/mol. The van der Waals surface area contributed by atoms with Gasteiger partial charge in [-0.1, -0.05) is 43.0 Å². The third kappa shape index (κ3) is 4.56. The van der Waals surface area contributed by atoms with Crippen molar-refractivity contribution in [3.05, 3.63) is 103 Å². The standard InChI is InChI=1S/C27H20FN3OS/c1-17(32)16-33-27-14-26(30-31-27)23-12-21(11-22(13-23)24-15-29-9-8-25(24)28)20-7-6-18-4-2-3-5-19(18)10-20/h2-13,15,32H,1,14,16H2. The SMILES string of the molecule is C=C(O)CSC1=NN=C(c2cc(-c3ccc4ccccc4c3)cc(-c3cnccc3F)c2)C1. The minimum absolute atomic E-state index is 0.101. The van der Waals surface area contributed by atoms with Gasteiger partial charge < -0.3 is 5.11 Å². The number of hydrogen-bond acceptors (Lipinski definition) is 5. The number of hydrogen-bond donors (Lipinski definition) is 1. The highest BCUT2D eigenvalue weighted by molar-refractivity contribution is 8.14. The van der Waals surface area contributed by atoms with Crippen molar-refractivity contribution in [2.45, 2.75) is 6.42 Å².